The third kappa shape index (κ3) is 7.51. The lowest BCUT2D eigenvalue weighted by Crippen LogP contribution is -2.48. The van der Waals surface area contributed by atoms with Gasteiger partial charge in [-0.15, -0.1) is 0 Å². The number of morpholine rings is 1. The van der Waals surface area contributed by atoms with Crippen molar-refractivity contribution in [1.82, 2.24) is 9.62 Å². The van der Waals surface area contributed by atoms with Crippen LogP contribution in [0.2, 0.25) is 0 Å². The Labute approximate surface area is 194 Å². The number of ether oxygens (including phenoxy) is 3. The SMILES string of the molecule is COC(=O)C(CC(C)C)NC(=O)COC(=O)c1ccc(S(=O)(=O)N2CC(C)OC(C)C2)cc1. The zero-order chi connectivity index (χ0) is 24.8. The van der Waals surface area contributed by atoms with Crippen LogP contribution < -0.4 is 5.32 Å². The smallest absolute Gasteiger partial charge is 0.338 e. The number of nitrogens with zero attached hydrogens (tertiary/aromatic N) is 1. The molecule has 0 saturated carbocycles. The Bertz CT molecular complexity index is 936. The lowest BCUT2D eigenvalue weighted by molar-refractivity contribution is -0.145. The average Bonchev–Trinajstić information content (AvgIpc) is 2.75. The summed E-state index contributed by atoms with van der Waals surface area (Å²) < 4.78 is 42.4. The number of hydrogen-bond donors (Lipinski definition) is 1. The van der Waals surface area contributed by atoms with Gasteiger partial charge < -0.3 is 19.5 Å². The minimum absolute atomic E-state index is 0.0488. The number of hydrogen-bond acceptors (Lipinski definition) is 8. The van der Waals surface area contributed by atoms with Crippen molar-refractivity contribution in [3.05, 3.63) is 29.8 Å². The highest BCUT2D eigenvalue weighted by atomic mass is 32.2. The van der Waals surface area contributed by atoms with Gasteiger partial charge in [0.25, 0.3) is 5.91 Å². The van der Waals surface area contributed by atoms with Gasteiger partial charge in [-0.3, -0.25) is 4.79 Å². The van der Waals surface area contributed by atoms with Crippen LogP contribution >= 0.6 is 0 Å². The van der Waals surface area contributed by atoms with E-state index in [0.29, 0.717) is 6.42 Å². The number of carbonyl (C=O) groups excluding carboxylic acids is 3. The molecule has 1 fully saturated rings. The van der Waals surface area contributed by atoms with Crippen molar-refractivity contribution in [2.75, 3.05) is 26.8 Å². The van der Waals surface area contributed by atoms with Gasteiger partial charge in [0.1, 0.15) is 6.04 Å². The first kappa shape index (κ1) is 26.7. The van der Waals surface area contributed by atoms with E-state index in [4.69, 9.17) is 9.47 Å². The molecule has 10 nitrogen and oxygen atoms in total. The molecule has 1 aliphatic heterocycles. The summed E-state index contributed by atoms with van der Waals surface area (Å²) >= 11 is 0. The fraction of sp³-hybridized carbons (Fsp3) is 0.591. The van der Waals surface area contributed by atoms with E-state index in [2.05, 4.69) is 10.1 Å². The van der Waals surface area contributed by atoms with Gasteiger partial charge in [-0.05, 0) is 50.5 Å². The van der Waals surface area contributed by atoms with Crippen molar-refractivity contribution in [2.24, 2.45) is 5.92 Å². The Morgan fingerprint density at radius 2 is 1.70 bits per heavy atom. The molecule has 3 unspecified atom stereocenters. The van der Waals surface area contributed by atoms with E-state index in [-0.39, 0.29) is 41.7 Å². The Hall–Kier alpha value is -2.50. The molecule has 0 spiro atoms. The molecule has 0 aromatic heterocycles. The van der Waals surface area contributed by atoms with E-state index in [0.717, 1.165) is 0 Å². The highest BCUT2D eigenvalue weighted by Crippen LogP contribution is 2.21. The molecule has 11 heteroatoms. The van der Waals surface area contributed by atoms with Gasteiger partial charge in [0, 0.05) is 13.1 Å². The summed E-state index contributed by atoms with van der Waals surface area (Å²) in [6, 6.07) is 4.48. The second-order valence-electron chi connectivity index (χ2n) is 8.45. The third-order valence-corrected chi connectivity index (χ3v) is 6.82. The fourth-order valence-corrected chi connectivity index (χ4v) is 5.11. The van der Waals surface area contributed by atoms with E-state index in [1.165, 1.54) is 35.7 Å². The quantitative estimate of drug-likeness (QED) is 0.520. The molecule has 0 aliphatic carbocycles. The Morgan fingerprint density at radius 1 is 1.12 bits per heavy atom. The third-order valence-electron chi connectivity index (χ3n) is 4.98. The second kappa shape index (κ2) is 11.6. The molecule has 1 N–H and O–H groups in total. The Balaban J connectivity index is 1.97. The van der Waals surface area contributed by atoms with Gasteiger partial charge in [0.15, 0.2) is 6.61 Å². The number of methoxy groups -OCH3 is 1. The normalized spacial score (nSPS) is 20.2. The molecular weight excluding hydrogens is 452 g/mol. The van der Waals surface area contributed by atoms with E-state index in [1.807, 2.05) is 27.7 Å². The number of sulfonamides is 1. The molecule has 1 aromatic carbocycles. The summed E-state index contributed by atoms with van der Waals surface area (Å²) in [6.07, 6.45) is -0.0605. The van der Waals surface area contributed by atoms with Crippen LogP contribution in [0.3, 0.4) is 0 Å². The average molecular weight is 485 g/mol. The van der Waals surface area contributed by atoms with Gasteiger partial charge in [-0.25, -0.2) is 18.0 Å². The van der Waals surface area contributed by atoms with Gasteiger partial charge >= 0.3 is 11.9 Å². The van der Waals surface area contributed by atoms with Crippen LogP contribution in [0.1, 0.15) is 44.5 Å². The van der Waals surface area contributed by atoms with Crippen LogP contribution in [0.5, 0.6) is 0 Å². The largest absolute Gasteiger partial charge is 0.467 e. The molecule has 3 atom stereocenters. The molecule has 1 amide bonds. The zero-order valence-electron chi connectivity index (χ0n) is 19.6. The minimum Gasteiger partial charge on any atom is -0.467 e. The standard InChI is InChI=1S/C22H32N2O8S/c1-14(2)10-19(22(27)30-5)23-20(25)13-31-21(26)17-6-8-18(9-7-17)33(28,29)24-11-15(3)32-16(4)12-24/h6-9,14-16,19H,10-13H2,1-5H3,(H,23,25). The molecule has 1 saturated heterocycles. The summed E-state index contributed by atoms with van der Waals surface area (Å²) in [5.74, 6) is -1.88. The minimum atomic E-state index is -3.74. The monoisotopic (exact) mass is 484 g/mol. The van der Waals surface area contributed by atoms with Gasteiger partial charge in [-0.1, -0.05) is 13.8 Å². The maximum absolute atomic E-state index is 12.9. The van der Waals surface area contributed by atoms with Gasteiger partial charge in [0.2, 0.25) is 10.0 Å². The summed E-state index contributed by atoms with van der Waals surface area (Å²) in [4.78, 5) is 36.2. The maximum Gasteiger partial charge on any atom is 0.338 e. The summed E-state index contributed by atoms with van der Waals surface area (Å²) in [5.41, 5.74) is 0.0946. The number of rotatable bonds is 9. The predicted octanol–water partition coefficient (Wildman–Crippen LogP) is 1.35. The van der Waals surface area contributed by atoms with Crippen molar-refractivity contribution >= 4 is 27.9 Å². The fourth-order valence-electron chi connectivity index (χ4n) is 3.52. The number of benzene rings is 1. The zero-order valence-corrected chi connectivity index (χ0v) is 20.4. The summed E-state index contributed by atoms with van der Waals surface area (Å²) in [5, 5.41) is 2.49. The molecule has 1 aliphatic rings. The molecule has 1 aromatic rings. The van der Waals surface area contributed by atoms with Crippen molar-refractivity contribution < 1.29 is 37.0 Å². The second-order valence-corrected chi connectivity index (χ2v) is 10.4. The number of carbonyl (C=O) groups is 3. The lowest BCUT2D eigenvalue weighted by atomic mass is 10.0. The lowest BCUT2D eigenvalue weighted by Gasteiger charge is -2.34. The number of esters is 2. The molecule has 0 bridgehead atoms. The Kier molecular flexibility index (Phi) is 9.38. The molecule has 1 heterocycles. The van der Waals surface area contributed by atoms with Crippen LogP contribution in [0.15, 0.2) is 29.2 Å². The van der Waals surface area contributed by atoms with E-state index < -0.39 is 40.5 Å². The van der Waals surface area contributed by atoms with Crippen molar-refractivity contribution in [1.29, 1.82) is 0 Å². The molecule has 2 rings (SSSR count). The first-order chi connectivity index (χ1) is 15.4. The first-order valence-electron chi connectivity index (χ1n) is 10.7. The van der Waals surface area contributed by atoms with Crippen molar-refractivity contribution in [3.8, 4) is 0 Å². The molecular formula is C22H32N2O8S. The highest BCUT2D eigenvalue weighted by Gasteiger charge is 2.32. The van der Waals surface area contributed by atoms with Gasteiger partial charge in [0.05, 0.1) is 29.8 Å². The van der Waals surface area contributed by atoms with Crippen LogP contribution in [0.4, 0.5) is 0 Å². The topological polar surface area (TPSA) is 128 Å². The Morgan fingerprint density at radius 3 is 2.21 bits per heavy atom. The van der Waals surface area contributed by atoms with Crippen LogP contribution in [-0.4, -0.2) is 75.6 Å². The van der Waals surface area contributed by atoms with Crippen LogP contribution in [0.25, 0.3) is 0 Å². The van der Waals surface area contributed by atoms with Crippen LogP contribution in [-0.2, 0) is 33.8 Å². The van der Waals surface area contributed by atoms with Gasteiger partial charge in [-0.2, -0.15) is 4.31 Å². The van der Waals surface area contributed by atoms with Crippen LogP contribution in [0, 0.1) is 5.92 Å². The number of amides is 1. The number of nitrogens with one attached hydrogen (secondary N) is 1. The molecule has 0 radical (unpaired) electrons. The summed E-state index contributed by atoms with van der Waals surface area (Å²) in [7, 11) is -2.51. The maximum atomic E-state index is 12.9. The van der Waals surface area contributed by atoms with E-state index in [1.54, 1.807) is 0 Å². The van der Waals surface area contributed by atoms with Crippen molar-refractivity contribution in [3.63, 3.8) is 0 Å². The molecule has 33 heavy (non-hydrogen) atoms. The predicted molar refractivity (Wildman–Crippen MR) is 119 cm³/mol. The first-order valence-corrected chi connectivity index (χ1v) is 12.2. The highest BCUT2D eigenvalue weighted by molar-refractivity contribution is 7.89. The van der Waals surface area contributed by atoms with Crippen molar-refractivity contribution in [2.45, 2.75) is 57.3 Å². The van der Waals surface area contributed by atoms with E-state index in [9.17, 15) is 22.8 Å². The molecule has 184 valence electrons. The summed E-state index contributed by atoms with van der Waals surface area (Å²) in [6.45, 7) is 7.31. The van der Waals surface area contributed by atoms with E-state index >= 15 is 0 Å².